The highest BCUT2D eigenvalue weighted by Gasteiger charge is 2.51. The van der Waals surface area contributed by atoms with E-state index in [1.54, 1.807) is 26.0 Å². The second-order valence-electron chi connectivity index (χ2n) is 8.49. The number of aliphatic hydroxyl groups excluding tert-OH is 1. The summed E-state index contributed by atoms with van der Waals surface area (Å²) >= 11 is 1.46. The molecule has 0 aromatic carbocycles. The minimum atomic E-state index is -4.11. The van der Waals surface area contributed by atoms with Gasteiger partial charge in [-0.15, -0.1) is 0 Å². The summed E-state index contributed by atoms with van der Waals surface area (Å²) in [5.74, 6) is 0.136. The molecule has 0 radical (unpaired) electrons. The van der Waals surface area contributed by atoms with E-state index >= 15 is 0 Å². The van der Waals surface area contributed by atoms with Crippen LogP contribution in [0.1, 0.15) is 39.0 Å². The Morgan fingerprint density at radius 2 is 2.22 bits per heavy atom. The maximum atomic E-state index is 13.5. The molecule has 0 aliphatic carbocycles. The predicted octanol–water partition coefficient (Wildman–Crippen LogP) is 1.83. The molecule has 3 heterocycles. The zero-order valence-corrected chi connectivity index (χ0v) is 22.2. The number of rotatable bonds is 12. The molecule has 1 aliphatic rings. The van der Waals surface area contributed by atoms with Crippen LogP contribution in [0, 0.1) is 11.3 Å². The zero-order chi connectivity index (χ0) is 26.5. The van der Waals surface area contributed by atoms with Crippen molar-refractivity contribution in [3.63, 3.8) is 0 Å². The molecule has 3 rings (SSSR count). The van der Waals surface area contributed by atoms with Gasteiger partial charge in [-0.3, -0.25) is 13.8 Å². The van der Waals surface area contributed by atoms with Gasteiger partial charge in [-0.25, -0.2) is 19.2 Å². The number of fused-ring (bicyclic) bond motifs is 1. The maximum absolute atomic E-state index is 13.5. The number of carbonyl (C=O) groups excluding carboxylic acids is 1. The summed E-state index contributed by atoms with van der Waals surface area (Å²) in [5.41, 5.74) is 5.14. The first-order valence-electron chi connectivity index (χ1n) is 11.3. The van der Waals surface area contributed by atoms with Gasteiger partial charge in [0.15, 0.2) is 5.82 Å². The van der Waals surface area contributed by atoms with Crippen molar-refractivity contribution in [3.05, 3.63) is 24.2 Å². The smallest absolute Gasteiger partial charge is 0.406 e. The predicted molar refractivity (Wildman–Crippen MR) is 132 cm³/mol. The van der Waals surface area contributed by atoms with E-state index in [0.29, 0.717) is 17.0 Å². The number of carbonyl (C=O) groups is 1. The summed E-state index contributed by atoms with van der Waals surface area (Å²) < 4.78 is 37.1. The molecule has 36 heavy (non-hydrogen) atoms. The Bertz CT molecular complexity index is 1160. The number of aromatic nitrogens is 3. The van der Waals surface area contributed by atoms with Crippen LogP contribution >= 0.6 is 19.5 Å². The highest BCUT2D eigenvalue weighted by molar-refractivity contribution is 7.98. The Labute approximate surface area is 213 Å². The standard InChI is InChI=1S/C21H31N6O7PS/c1-13(2)33-20(29)14(3)26-35(30,31-7-8-36-4)32-11-21(10-22)18(28)9-17(34-21)15-5-6-16-19(23)24-12-25-27(15)16/h5-6,12-14,17-18,28H,7-9,11H2,1-4H3,(H,26,30)(H2,23,24,25)/t14-,17+,18-,21+,35?/m0/s1. The largest absolute Gasteiger partial charge is 0.462 e. The third kappa shape index (κ3) is 6.36. The molecule has 2 aromatic heterocycles. The molecule has 1 fully saturated rings. The number of anilines is 1. The van der Waals surface area contributed by atoms with E-state index in [9.17, 15) is 19.7 Å². The van der Waals surface area contributed by atoms with Crippen LogP contribution in [0.2, 0.25) is 0 Å². The molecular formula is C21H31N6O7PS. The van der Waals surface area contributed by atoms with E-state index in [2.05, 4.69) is 15.2 Å². The van der Waals surface area contributed by atoms with Crippen LogP contribution in [0.4, 0.5) is 5.82 Å². The second kappa shape index (κ2) is 11.9. The molecule has 0 bridgehead atoms. The molecule has 2 aromatic rings. The highest BCUT2D eigenvalue weighted by Crippen LogP contribution is 2.48. The average Bonchev–Trinajstić information content (AvgIpc) is 3.40. The molecule has 1 saturated heterocycles. The first-order valence-corrected chi connectivity index (χ1v) is 14.2. The molecule has 0 saturated carbocycles. The van der Waals surface area contributed by atoms with Gasteiger partial charge in [0.2, 0.25) is 5.60 Å². The van der Waals surface area contributed by atoms with Gasteiger partial charge in [0.05, 0.1) is 18.4 Å². The number of nitriles is 1. The van der Waals surface area contributed by atoms with Crippen molar-refractivity contribution in [3.8, 4) is 6.07 Å². The van der Waals surface area contributed by atoms with Crippen molar-refractivity contribution in [1.82, 2.24) is 19.7 Å². The average molecular weight is 543 g/mol. The number of esters is 1. The lowest BCUT2D eigenvalue weighted by Crippen LogP contribution is -2.43. The molecule has 198 valence electrons. The minimum Gasteiger partial charge on any atom is -0.462 e. The van der Waals surface area contributed by atoms with Gasteiger partial charge >= 0.3 is 13.7 Å². The first-order chi connectivity index (χ1) is 17.0. The van der Waals surface area contributed by atoms with E-state index in [0.717, 1.165) is 0 Å². The monoisotopic (exact) mass is 542 g/mol. The SMILES string of the molecule is CSCCOP(=O)(N[C@@H](C)C(=O)OC(C)C)OC[C@@]1(C#N)O[C@@H](c2ccc3c(N)ncnn23)C[C@@H]1O. The highest BCUT2D eigenvalue weighted by atomic mass is 32.2. The van der Waals surface area contributed by atoms with Gasteiger partial charge in [-0.05, 0) is 39.2 Å². The first kappa shape index (κ1) is 28.3. The third-order valence-electron chi connectivity index (χ3n) is 5.41. The number of thioether (sulfide) groups is 1. The van der Waals surface area contributed by atoms with Crippen LogP contribution in [-0.4, -0.2) is 74.7 Å². The van der Waals surface area contributed by atoms with Crippen LogP contribution in [0.25, 0.3) is 5.52 Å². The Balaban J connectivity index is 1.77. The van der Waals surface area contributed by atoms with E-state index < -0.39 is 44.2 Å². The van der Waals surface area contributed by atoms with Crippen molar-refractivity contribution in [2.45, 2.75) is 57.1 Å². The topological polar surface area (TPSA) is 183 Å². The summed E-state index contributed by atoms with van der Waals surface area (Å²) in [6.45, 7) is 4.31. The Morgan fingerprint density at radius 3 is 2.89 bits per heavy atom. The summed E-state index contributed by atoms with van der Waals surface area (Å²) in [6.07, 6.45) is 0.811. The Morgan fingerprint density at radius 1 is 1.47 bits per heavy atom. The summed E-state index contributed by atoms with van der Waals surface area (Å²) in [5, 5.41) is 27.5. The van der Waals surface area contributed by atoms with Crippen LogP contribution in [0.5, 0.6) is 0 Å². The molecule has 13 nitrogen and oxygen atoms in total. The molecule has 15 heteroatoms. The van der Waals surface area contributed by atoms with Crippen molar-refractivity contribution in [2.24, 2.45) is 0 Å². The number of nitrogens with two attached hydrogens (primary N) is 1. The van der Waals surface area contributed by atoms with Crippen molar-refractivity contribution < 1.29 is 33.0 Å². The number of hydrogen-bond donors (Lipinski definition) is 3. The van der Waals surface area contributed by atoms with E-state index in [-0.39, 0.29) is 24.9 Å². The molecule has 4 N–H and O–H groups in total. The van der Waals surface area contributed by atoms with E-state index in [1.807, 2.05) is 12.3 Å². The Kier molecular flexibility index (Phi) is 9.34. The Hall–Kier alpha value is -2.24. The van der Waals surface area contributed by atoms with Crippen LogP contribution < -0.4 is 10.8 Å². The molecule has 1 unspecified atom stereocenters. The minimum absolute atomic E-state index is 0.0507. The fourth-order valence-corrected chi connectivity index (χ4v) is 5.46. The number of hydrogen-bond acceptors (Lipinski definition) is 12. The quantitative estimate of drug-likeness (QED) is 0.201. The van der Waals surface area contributed by atoms with Gasteiger partial charge in [-0.2, -0.15) is 22.1 Å². The lowest BCUT2D eigenvalue weighted by atomic mass is 9.99. The lowest BCUT2D eigenvalue weighted by molar-refractivity contribution is -0.149. The molecule has 1 aliphatic heterocycles. The van der Waals surface area contributed by atoms with Gasteiger partial charge < -0.3 is 20.3 Å². The second-order valence-corrected chi connectivity index (χ2v) is 11.2. The molecule has 0 amide bonds. The number of nitrogen functional groups attached to an aromatic ring is 1. The number of aliphatic hydroxyl groups is 1. The van der Waals surface area contributed by atoms with E-state index in [1.165, 1.54) is 29.5 Å². The van der Waals surface area contributed by atoms with Crippen molar-refractivity contribution in [1.29, 1.82) is 5.26 Å². The third-order valence-corrected chi connectivity index (χ3v) is 7.68. The number of nitrogens with zero attached hydrogens (tertiary/aromatic N) is 4. The van der Waals surface area contributed by atoms with Gasteiger partial charge in [-0.1, -0.05) is 0 Å². The van der Waals surface area contributed by atoms with E-state index in [4.69, 9.17) is 24.3 Å². The molecule has 0 spiro atoms. The fraction of sp³-hybridized carbons (Fsp3) is 0.619. The van der Waals surface area contributed by atoms with Crippen LogP contribution in [0.15, 0.2) is 18.5 Å². The normalized spacial score (nSPS) is 24.5. The maximum Gasteiger partial charge on any atom is 0.406 e. The lowest BCUT2D eigenvalue weighted by Gasteiger charge is -2.28. The summed E-state index contributed by atoms with van der Waals surface area (Å²) in [6, 6.07) is 4.35. The fourth-order valence-electron chi connectivity index (χ4n) is 3.59. The number of nitrogens with one attached hydrogen (secondary N) is 1. The van der Waals surface area contributed by atoms with Gasteiger partial charge in [0, 0.05) is 12.2 Å². The molecule has 5 atom stereocenters. The molecular weight excluding hydrogens is 511 g/mol. The van der Waals surface area contributed by atoms with Gasteiger partial charge in [0.1, 0.15) is 42.8 Å². The summed E-state index contributed by atoms with van der Waals surface area (Å²) in [4.78, 5) is 16.2. The van der Waals surface area contributed by atoms with Crippen molar-refractivity contribution >= 4 is 36.8 Å². The van der Waals surface area contributed by atoms with Crippen LogP contribution in [-0.2, 0) is 27.9 Å². The van der Waals surface area contributed by atoms with Crippen LogP contribution in [0.3, 0.4) is 0 Å². The van der Waals surface area contributed by atoms with Crippen molar-refractivity contribution in [2.75, 3.05) is 31.0 Å². The zero-order valence-electron chi connectivity index (χ0n) is 20.5. The number of ether oxygens (including phenoxy) is 2. The van der Waals surface area contributed by atoms with Gasteiger partial charge in [0.25, 0.3) is 0 Å². The summed E-state index contributed by atoms with van der Waals surface area (Å²) in [7, 11) is -4.11.